The van der Waals surface area contributed by atoms with Crippen LogP contribution in [-0.4, -0.2) is 39.2 Å². The van der Waals surface area contributed by atoms with Gasteiger partial charge in [0, 0.05) is 44.4 Å². The number of carbonyl (C=O) groups is 1. The molecule has 37 heavy (non-hydrogen) atoms. The molecule has 0 atom stereocenters. The monoisotopic (exact) mass is 529 g/mol. The summed E-state index contributed by atoms with van der Waals surface area (Å²) in [4.78, 5) is 24.8. The molecule has 0 bridgehead atoms. The Bertz CT molecular complexity index is 1430. The van der Waals surface area contributed by atoms with Crippen molar-refractivity contribution in [2.24, 2.45) is 0 Å². The summed E-state index contributed by atoms with van der Waals surface area (Å²) in [5.41, 5.74) is -0.119. The number of halogens is 3. The van der Waals surface area contributed by atoms with Crippen molar-refractivity contribution < 1.29 is 20.8 Å². The number of benzene rings is 2. The molecular formula is C25H26F3N7OS. The third-order valence-corrected chi connectivity index (χ3v) is 6.51. The number of aryl methyl sites for hydroxylation is 1. The molecule has 1 amide bonds. The zero-order chi connectivity index (χ0) is 26.0. The molecule has 2 aromatic carbocycles. The predicted molar refractivity (Wildman–Crippen MR) is 140 cm³/mol. The van der Waals surface area contributed by atoms with Crippen LogP contribution in [0.3, 0.4) is 0 Å². The SMILES string of the molecule is Cc1cc(Nc2cc(N3CCC3)nc(Sc3ccc(NC(=O)c4ccccc4C(F)(F)F)cc3)n2)n[nH]1.[HH].[HH]. The number of hydrogen-bond acceptors (Lipinski definition) is 7. The molecule has 0 aliphatic carbocycles. The lowest BCUT2D eigenvalue weighted by Crippen LogP contribution is -2.37. The van der Waals surface area contributed by atoms with Crippen molar-refractivity contribution >= 4 is 40.8 Å². The second kappa shape index (κ2) is 10.1. The Kier molecular flexibility index (Phi) is 6.74. The number of carbonyl (C=O) groups excluding carboxylic acids is 1. The van der Waals surface area contributed by atoms with Crippen molar-refractivity contribution in [1.29, 1.82) is 0 Å². The van der Waals surface area contributed by atoms with Crippen LogP contribution in [0.15, 0.2) is 70.7 Å². The number of alkyl halides is 3. The van der Waals surface area contributed by atoms with Crippen LogP contribution in [0.4, 0.5) is 36.3 Å². The van der Waals surface area contributed by atoms with E-state index in [0.29, 0.717) is 22.5 Å². The minimum absolute atomic E-state index is 0. The molecule has 12 heteroatoms. The van der Waals surface area contributed by atoms with E-state index in [2.05, 4.69) is 35.7 Å². The van der Waals surface area contributed by atoms with Crippen LogP contribution in [0, 0.1) is 6.92 Å². The molecule has 1 saturated heterocycles. The normalized spacial score (nSPS) is 13.2. The van der Waals surface area contributed by atoms with Crippen LogP contribution in [0.5, 0.6) is 0 Å². The maximum absolute atomic E-state index is 13.3. The van der Waals surface area contributed by atoms with Crippen LogP contribution in [0.2, 0.25) is 0 Å². The van der Waals surface area contributed by atoms with E-state index in [9.17, 15) is 18.0 Å². The lowest BCUT2D eigenvalue weighted by Gasteiger charge is -2.32. The van der Waals surface area contributed by atoms with Crippen LogP contribution in [-0.2, 0) is 6.18 Å². The number of amides is 1. The van der Waals surface area contributed by atoms with Gasteiger partial charge in [-0.25, -0.2) is 9.97 Å². The number of H-pyrrole nitrogens is 1. The third-order valence-electron chi connectivity index (χ3n) is 5.63. The van der Waals surface area contributed by atoms with Crippen LogP contribution in [0.1, 0.15) is 30.9 Å². The number of nitrogens with one attached hydrogen (secondary N) is 3. The summed E-state index contributed by atoms with van der Waals surface area (Å²) in [6.07, 6.45) is -3.52. The molecule has 0 saturated carbocycles. The van der Waals surface area contributed by atoms with Crippen molar-refractivity contribution in [2.45, 2.75) is 29.6 Å². The number of aromatic nitrogens is 4. The molecule has 3 heterocycles. The molecule has 8 nitrogen and oxygen atoms in total. The van der Waals surface area contributed by atoms with Gasteiger partial charge in [-0.3, -0.25) is 9.89 Å². The van der Waals surface area contributed by atoms with E-state index in [1.54, 1.807) is 24.3 Å². The molecule has 3 N–H and O–H groups in total. The molecule has 5 rings (SSSR count). The fraction of sp³-hybridized carbons (Fsp3) is 0.200. The predicted octanol–water partition coefficient (Wildman–Crippen LogP) is 6.38. The van der Waals surface area contributed by atoms with E-state index in [0.717, 1.165) is 48.1 Å². The first-order valence-electron chi connectivity index (χ1n) is 11.4. The topological polar surface area (TPSA) is 98.8 Å². The summed E-state index contributed by atoms with van der Waals surface area (Å²) in [7, 11) is 0. The Balaban J connectivity index is 0.00000210. The minimum atomic E-state index is -4.62. The smallest absolute Gasteiger partial charge is 0.356 e. The summed E-state index contributed by atoms with van der Waals surface area (Å²) in [5.74, 6) is 1.24. The summed E-state index contributed by atoms with van der Waals surface area (Å²) in [5, 5.41) is 13.3. The van der Waals surface area contributed by atoms with Gasteiger partial charge in [0.15, 0.2) is 11.0 Å². The molecular weight excluding hydrogens is 503 g/mol. The highest BCUT2D eigenvalue weighted by Gasteiger charge is 2.34. The van der Waals surface area contributed by atoms with Gasteiger partial charge in [-0.05, 0) is 61.5 Å². The Morgan fingerprint density at radius 2 is 1.81 bits per heavy atom. The van der Waals surface area contributed by atoms with Gasteiger partial charge in [0.25, 0.3) is 5.91 Å². The van der Waals surface area contributed by atoms with Gasteiger partial charge < -0.3 is 15.5 Å². The maximum atomic E-state index is 13.3. The largest absolute Gasteiger partial charge is 0.417 e. The Morgan fingerprint density at radius 3 is 2.46 bits per heavy atom. The fourth-order valence-corrected chi connectivity index (χ4v) is 4.45. The zero-order valence-corrected chi connectivity index (χ0v) is 20.5. The van der Waals surface area contributed by atoms with Gasteiger partial charge in [-0.15, -0.1) is 0 Å². The van der Waals surface area contributed by atoms with E-state index in [1.165, 1.54) is 23.9 Å². The molecule has 4 aromatic rings. The van der Waals surface area contributed by atoms with E-state index in [-0.39, 0.29) is 2.85 Å². The lowest BCUT2D eigenvalue weighted by molar-refractivity contribution is -0.137. The number of anilines is 4. The highest BCUT2D eigenvalue weighted by atomic mass is 32.2. The molecule has 0 spiro atoms. The first-order valence-corrected chi connectivity index (χ1v) is 12.2. The summed E-state index contributed by atoms with van der Waals surface area (Å²) < 4.78 is 39.8. The molecule has 0 radical (unpaired) electrons. The fourth-order valence-electron chi connectivity index (χ4n) is 3.68. The number of aromatic amines is 1. The summed E-state index contributed by atoms with van der Waals surface area (Å²) in [6.45, 7) is 3.76. The van der Waals surface area contributed by atoms with Gasteiger partial charge >= 0.3 is 6.18 Å². The summed E-state index contributed by atoms with van der Waals surface area (Å²) in [6, 6.07) is 15.2. The zero-order valence-electron chi connectivity index (χ0n) is 19.6. The number of hydrogen-bond donors (Lipinski definition) is 3. The van der Waals surface area contributed by atoms with Gasteiger partial charge in [0.05, 0.1) is 11.1 Å². The average Bonchev–Trinajstić information content (AvgIpc) is 3.23. The standard InChI is InChI=1S/C25H22F3N7OS.2H2/c1-15-13-21(34-33-15)30-20-14-22(35-11-4-12-35)32-24(31-20)37-17-9-7-16(8-10-17)29-23(36)18-5-2-3-6-19(18)25(26,27)28;;/h2-3,5-10,13-14H,4,11-12H2,1H3,(H,29,36)(H2,30,31,32,33,34);2*1H. The van der Waals surface area contributed by atoms with Crippen molar-refractivity contribution in [1.82, 2.24) is 20.2 Å². The van der Waals surface area contributed by atoms with Gasteiger partial charge in [-0.2, -0.15) is 18.3 Å². The first kappa shape index (κ1) is 24.6. The van der Waals surface area contributed by atoms with Gasteiger partial charge in [-0.1, -0.05) is 12.1 Å². The van der Waals surface area contributed by atoms with E-state index >= 15 is 0 Å². The average molecular weight is 530 g/mol. The van der Waals surface area contributed by atoms with E-state index < -0.39 is 23.2 Å². The molecule has 1 aliphatic rings. The van der Waals surface area contributed by atoms with Crippen LogP contribution >= 0.6 is 11.8 Å². The van der Waals surface area contributed by atoms with E-state index in [4.69, 9.17) is 0 Å². The summed E-state index contributed by atoms with van der Waals surface area (Å²) >= 11 is 1.33. The van der Waals surface area contributed by atoms with Crippen LogP contribution in [0.25, 0.3) is 0 Å². The maximum Gasteiger partial charge on any atom is 0.417 e. The van der Waals surface area contributed by atoms with Crippen molar-refractivity contribution in [3.05, 3.63) is 77.5 Å². The van der Waals surface area contributed by atoms with Crippen LogP contribution < -0.4 is 15.5 Å². The second-order valence-electron chi connectivity index (χ2n) is 8.42. The van der Waals surface area contributed by atoms with Crippen molar-refractivity contribution in [2.75, 3.05) is 28.6 Å². The highest BCUT2D eigenvalue weighted by Crippen LogP contribution is 2.33. The minimum Gasteiger partial charge on any atom is -0.356 e. The van der Waals surface area contributed by atoms with Crippen molar-refractivity contribution in [3.63, 3.8) is 0 Å². The molecule has 0 unspecified atom stereocenters. The van der Waals surface area contributed by atoms with Crippen molar-refractivity contribution in [3.8, 4) is 0 Å². The highest BCUT2D eigenvalue weighted by molar-refractivity contribution is 7.99. The molecule has 1 fully saturated rings. The lowest BCUT2D eigenvalue weighted by atomic mass is 10.1. The molecule has 194 valence electrons. The van der Waals surface area contributed by atoms with Gasteiger partial charge in [0.2, 0.25) is 0 Å². The third kappa shape index (κ3) is 5.85. The van der Waals surface area contributed by atoms with Gasteiger partial charge in [0.1, 0.15) is 11.6 Å². The number of rotatable bonds is 7. The molecule has 2 aromatic heterocycles. The van der Waals surface area contributed by atoms with E-state index in [1.807, 2.05) is 19.1 Å². The Hall–Kier alpha value is -4.06. The first-order chi connectivity index (χ1) is 17.7. The molecule has 1 aliphatic heterocycles. The number of nitrogens with zero attached hydrogens (tertiary/aromatic N) is 4. The Morgan fingerprint density at radius 1 is 1.05 bits per heavy atom. The second-order valence-corrected chi connectivity index (χ2v) is 9.46. The quantitative estimate of drug-likeness (QED) is 0.239. The Labute approximate surface area is 217 Å².